The van der Waals surface area contributed by atoms with Gasteiger partial charge in [-0.3, -0.25) is 4.79 Å². The van der Waals surface area contributed by atoms with Crippen molar-refractivity contribution < 1.29 is 19.4 Å². The Kier molecular flexibility index (Phi) is 5.54. The smallest absolute Gasteiger partial charge is 0.323 e. The molecule has 1 aromatic rings. The van der Waals surface area contributed by atoms with E-state index in [0.29, 0.717) is 15.8 Å². The highest BCUT2D eigenvalue weighted by Gasteiger charge is 2.04. The Balaban J connectivity index is 2.33. The van der Waals surface area contributed by atoms with E-state index in [4.69, 9.17) is 33.0 Å². The summed E-state index contributed by atoms with van der Waals surface area (Å²) in [6, 6.07) is 4.00. The number of nitrogens with one attached hydrogen (secondary N) is 2. The lowest BCUT2D eigenvalue weighted by molar-refractivity contribution is -0.135. The molecule has 0 saturated heterocycles. The third-order valence-corrected chi connectivity index (χ3v) is 2.28. The first-order valence-electron chi connectivity index (χ1n) is 4.80. The fourth-order valence-corrected chi connectivity index (χ4v) is 1.45. The van der Waals surface area contributed by atoms with Crippen molar-refractivity contribution in [2.24, 2.45) is 0 Å². The molecule has 0 fully saturated rings. The summed E-state index contributed by atoms with van der Waals surface area (Å²) in [6.07, 6.45) is 0. The van der Waals surface area contributed by atoms with E-state index in [1.807, 2.05) is 0 Å². The fraction of sp³-hybridized carbons (Fsp3) is 0.200. The molecule has 3 N–H and O–H groups in total. The van der Waals surface area contributed by atoms with Crippen molar-refractivity contribution in [2.45, 2.75) is 0 Å². The van der Waals surface area contributed by atoms with Gasteiger partial charge in [0.2, 0.25) is 0 Å². The summed E-state index contributed by atoms with van der Waals surface area (Å²) in [4.78, 5) is 21.2. The molecule has 2 amide bonds. The van der Waals surface area contributed by atoms with Gasteiger partial charge in [0.15, 0.2) is 6.73 Å². The van der Waals surface area contributed by atoms with Gasteiger partial charge in [0.05, 0.1) is 5.02 Å². The topological polar surface area (TPSA) is 87.7 Å². The highest BCUT2D eigenvalue weighted by Crippen LogP contribution is 2.27. The maximum Gasteiger partial charge on any atom is 0.323 e. The summed E-state index contributed by atoms with van der Waals surface area (Å²) >= 11 is 11.5. The quantitative estimate of drug-likeness (QED) is 0.721. The molecule has 18 heavy (non-hydrogen) atoms. The third kappa shape index (κ3) is 5.11. The monoisotopic (exact) mass is 292 g/mol. The minimum atomic E-state index is -1.13. The van der Waals surface area contributed by atoms with E-state index in [9.17, 15) is 9.59 Å². The molecule has 98 valence electrons. The number of hydrogen-bond donors (Lipinski definition) is 3. The van der Waals surface area contributed by atoms with E-state index >= 15 is 0 Å². The van der Waals surface area contributed by atoms with Gasteiger partial charge in [-0.25, -0.2) is 4.79 Å². The van der Waals surface area contributed by atoms with E-state index in [1.165, 1.54) is 6.07 Å². The molecule has 0 atom stereocenters. The number of benzene rings is 1. The molecule has 0 aliphatic heterocycles. The zero-order chi connectivity index (χ0) is 13.5. The minimum Gasteiger partial charge on any atom is -0.480 e. The van der Waals surface area contributed by atoms with Gasteiger partial charge in [0.1, 0.15) is 12.3 Å². The zero-order valence-electron chi connectivity index (χ0n) is 9.07. The molecule has 8 heteroatoms. The normalized spacial score (nSPS) is 9.67. The Labute approximate surface area is 113 Å². The number of carbonyl (C=O) groups is 2. The van der Waals surface area contributed by atoms with Crippen molar-refractivity contribution in [3.63, 3.8) is 0 Å². The second-order valence-electron chi connectivity index (χ2n) is 3.12. The summed E-state index contributed by atoms with van der Waals surface area (Å²) in [5.74, 6) is -0.772. The number of carboxylic acid groups (broad SMARTS) is 1. The van der Waals surface area contributed by atoms with E-state index in [1.54, 1.807) is 12.1 Å². The van der Waals surface area contributed by atoms with Crippen molar-refractivity contribution in [2.75, 3.05) is 13.3 Å². The van der Waals surface area contributed by atoms with Crippen LogP contribution >= 0.6 is 23.2 Å². The number of urea groups is 1. The molecule has 0 bridgehead atoms. The highest BCUT2D eigenvalue weighted by atomic mass is 35.5. The number of aliphatic carboxylic acids is 1. The summed E-state index contributed by atoms with van der Waals surface area (Å²) in [7, 11) is 0. The fourth-order valence-electron chi connectivity index (χ4n) is 0.990. The number of hydrogen-bond acceptors (Lipinski definition) is 3. The Hall–Kier alpha value is -1.66. The lowest BCUT2D eigenvalue weighted by atomic mass is 10.3. The van der Waals surface area contributed by atoms with Crippen LogP contribution in [0.5, 0.6) is 5.75 Å². The first-order chi connectivity index (χ1) is 8.49. The summed E-state index contributed by atoms with van der Waals surface area (Å²) in [6.45, 7) is -0.611. The van der Waals surface area contributed by atoms with Gasteiger partial charge < -0.3 is 20.5 Å². The SMILES string of the molecule is O=C(O)CNC(=O)NCOc1ccc(Cl)cc1Cl. The van der Waals surface area contributed by atoms with Gasteiger partial charge in [-0.05, 0) is 18.2 Å². The van der Waals surface area contributed by atoms with Crippen LogP contribution in [0, 0.1) is 0 Å². The molecule has 1 rings (SSSR count). The number of rotatable bonds is 5. The number of halogens is 2. The Morgan fingerprint density at radius 1 is 1.28 bits per heavy atom. The maximum atomic E-state index is 11.1. The summed E-state index contributed by atoms with van der Waals surface area (Å²) in [5, 5.41) is 13.5. The predicted octanol–water partition coefficient (Wildman–Crippen LogP) is 1.71. The molecule has 0 saturated carbocycles. The van der Waals surface area contributed by atoms with Crippen LogP contribution < -0.4 is 15.4 Å². The van der Waals surface area contributed by atoms with Gasteiger partial charge in [0, 0.05) is 5.02 Å². The van der Waals surface area contributed by atoms with Crippen molar-refractivity contribution >= 4 is 35.2 Å². The van der Waals surface area contributed by atoms with Crippen molar-refractivity contribution in [1.29, 1.82) is 0 Å². The van der Waals surface area contributed by atoms with E-state index in [-0.39, 0.29) is 6.73 Å². The number of ether oxygens (including phenoxy) is 1. The van der Waals surface area contributed by atoms with E-state index < -0.39 is 18.5 Å². The highest BCUT2D eigenvalue weighted by molar-refractivity contribution is 6.35. The summed E-state index contributed by atoms with van der Waals surface area (Å²) < 4.78 is 5.16. The maximum absolute atomic E-state index is 11.1. The lowest BCUT2D eigenvalue weighted by Crippen LogP contribution is -2.40. The van der Waals surface area contributed by atoms with E-state index in [0.717, 1.165) is 0 Å². The Morgan fingerprint density at radius 3 is 2.61 bits per heavy atom. The van der Waals surface area contributed by atoms with Gasteiger partial charge in [0.25, 0.3) is 0 Å². The van der Waals surface area contributed by atoms with Crippen molar-refractivity contribution in [3.05, 3.63) is 28.2 Å². The number of carbonyl (C=O) groups excluding carboxylic acids is 1. The standard InChI is InChI=1S/C10H10Cl2N2O4/c11-6-1-2-8(7(12)3-6)18-5-14-10(17)13-4-9(15)16/h1-3H,4-5H2,(H,15,16)(H2,13,14,17). The third-order valence-electron chi connectivity index (χ3n) is 1.75. The Bertz CT molecular complexity index is 454. The van der Waals surface area contributed by atoms with Crippen LogP contribution in [0.4, 0.5) is 4.79 Å². The molecule has 0 heterocycles. The Morgan fingerprint density at radius 2 is 2.00 bits per heavy atom. The molecular weight excluding hydrogens is 283 g/mol. The number of amides is 2. The average molecular weight is 293 g/mol. The second-order valence-corrected chi connectivity index (χ2v) is 3.96. The molecule has 0 aromatic heterocycles. The van der Waals surface area contributed by atoms with Crippen LogP contribution in [-0.2, 0) is 4.79 Å². The van der Waals surface area contributed by atoms with Gasteiger partial charge in [-0.1, -0.05) is 23.2 Å². The molecule has 0 unspecified atom stereocenters. The van der Waals surface area contributed by atoms with Crippen LogP contribution in [0.25, 0.3) is 0 Å². The van der Waals surface area contributed by atoms with Crippen LogP contribution in [0.1, 0.15) is 0 Å². The molecule has 0 aliphatic rings. The van der Waals surface area contributed by atoms with Crippen LogP contribution in [0.2, 0.25) is 10.0 Å². The van der Waals surface area contributed by atoms with E-state index in [2.05, 4.69) is 10.6 Å². The molecule has 6 nitrogen and oxygen atoms in total. The first-order valence-corrected chi connectivity index (χ1v) is 5.56. The van der Waals surface area contributed by atoms with Gasteiger partial charge in [-0.2, -0.15) is 0 Å². The number of carboxylic acids is 1. The molecule has 0 spiro atoms. The lowest BCUT2D eigenvalue weighted by Gasteiger charge is -2.09. The molecular formula is C10H10Cl2N2O4. The zero-order valence-corrected chi connectivity index (χ0v) is 10.6. The van der Waals surface area contributed by atoms with Crippen LogP contribution in [0.15, 0.2) is 18.2 Å². The first kappa shape index (κ1) is 14.4. The van der Waals surface area contributed by atoms with Crippen LogP contribution in [-0.4, -0.2) is 30.4 Å². The largest absolute Gasteiger partial charge is 0.480 e. The van der Waals surface area contributed by atoms with Crippen LogP contribution in [0.3, 0.4) is 0 Å². The molecule has 0 aliphatic carbocycles. The second kappa shape index (κ2) is 6.93. The predicted molar refractivity (Wildman–Crippen MR) is 66.1 cm³/mol. The van der Waals surface area contributed by atoms with Gasteiger partial charge in [-0.15, -0.1) is 0 Å². The van der Waals surface area contributed by atoms with Gasteiger partial charge >= 0.3 is 12.0 Å². The average Bonchev–Trinajstić information content (AvgIpc) is 2.29. The van der Waals surface area contributed by atoms with Crippen molar-refractivity contribution in [3.8, 4) is 5.75 Å². The minimum absolute atomic E-state index is 0.146. The summed E-state index contributed by atoms with van der Waals surface area (Å²) in [5.41, 5.74) is 0. The molecule has 1 aromatic carbocycles. The van der Waals surface area contributed by atoms with Crippen molar-refractivity contribution in [1.82, 2.24) is 10.6 Å². The molecule has 0 radical (unpaired) electrons.